The lowest BCUT2D eigenvalue weighted by Gasteiger charge is -2.40. The van der Waals surface area contributed by atoms with Gasteiger partial charge in [0, 0.05) is 18.9 Å². The number of carbonyl (C=O) groups excluding carboxylic acids is 1. The second-order valence-electron chi connectivity index (χ2n) is 6.69. The van der Waals surface area contributed by atoms with Crippen LogP contribution in [0.2, 0.25) is 0 Å². The number of nitrogens with one attached hydrogen (secondary N) is 1. The summed E-state index contributed by atoms with van der Waals surface area (Å²) in [5.74, 6) is 0.518. The summed E-state index contributed by atoms with van der Waals surface area (Å²) in [6.45, 7) is 2.82. The van der Waals surface area contributed by atoms with Crippen molar-refractivity contribution in [3.63, 3.8) is 0 Å². The summed E-state index contributed by atoms with van der Waals surface area (Å²) in [5, 5.41) is 3.18. The summed E-state index contributed by atoms with van der Waals surface area (Å²) in [4.78, 5) is 16.8. The Labute approximate surface area is 138 Å². The van der Waals surface area contributed by atoms with E-state index in [1.165, 1.54) is 11.1 Å². The van der Waals surface area contributed by atoms with E-state index in [2.05, 4.69) is 29.4 Å². The summed E-state index contributed by atoms with van der Waals surface area (Å²) < 4.78 is 0. The van der Waals surface area contributed by atoms with Crippen LogP contribution in [0.1, 0.15) is 43.2 Å². The average Bonchev–Trinajstić information content (AvgIpc) is 2.57. The van der Waals surface area contributed by atoms with Crippen LogP contribution in [-0.2, 0) is 11.2 Å². The van der Waals surface area contributed by atoms with Crippen molar-refractivity contribution in [2.45, 2.75) is 38.5 Å². The van der Waals surface area contributed by atoms with Gasteiger partial charge in [-0.25, -0.2) is 0 Å². The third-order valence-corrected chi connectivity index (χ3v) is 5.02. The number of hydrogen-bond donors (Lipinski definition) is 1. The maximum atomic E-state index is 12.8. The molecule has 0 radical (unpaired) electrons. The lowest BCUT2D eigenvalue weighted by molar-refractivity contribution is -0.136. The number of aromatic nitrogens is 1. The lowest BCUT2D eigenvalue weighted by atomic mass is 9.64. The molecule has 1 aliphatic carbocycles. The van der Waals surface area contributed by atoms with Gasteiger partial charge in [0.25, 0.3) is 0 Å². The summed E-state index contributed by atoms with van der Waals surface area (Å²) in [6, 6.07) is 14.4. The Bertz CT molecular complexity index is 635. The van der Waals surface area contributed by atoms with Crippen molar-refractivity contribution in [2.75, 3.05) is 6.54 Å². The predicted octanol–water partition coefficient (Wildman–Crippen LogP) is 3.71. The van der Waals surface area contributed by atoms with Gasteiger partial charge < -0.3 is 5.32 Å². The molecule has 0 spiro atoms. The van der Waals surface area contributed by atoms with Gasteiger partial charge in [-0.15, -0.1) is 0 Å². The molecule has 1 N–H and O–H groups in total. The van der Waals surface area contributed by atoms with Crippen LogP contribution in [0.15, 0.2) is 54.9 Å². The minimum Gasteiger partial charge on any atom is -0.355 e. The molecule has 1 aromatic heterocycles. The minimum absolute atomic E-state index is 0.195. The van der Waals surface area contributed by atoms with E-state index in [1.54, 1.807) is 12.4 Å². The van der Waals surface area contributed by atoms with Crippen molar-refractivity contribution in [3.05, 3.63) is 66.0 Å². The molecule has 1 aliphatic rings. The van der Waals surface area contributed by atoms with Crippen molar-refractivity contribution in [1.29, 1.82) is 0 Å². The quantitative estimate of drug-likeness (QED) is 0.884. The van der Waals surface area contributed by atoms with Gasteiger partial charge >= 0.3 is 0 Å². The first-order chi connectivity index (χ1) is 11.2. The second-order valence-corrected chi connectivity index (χ2v) is 6.69. The van der Waals surface area contributed by atoms with Crippen LogP contribution in [0, 0.1) is 5.41 Å². The van der Waals surface area contributed by atoms with Crippen molar-refractivity contribution >= 4 is 5.91 Å². The maximum absolute atomic E-state index is 12.8. The first-order valence-corrected chi connectivity index (χ1v) is 8.42. The summed E-state index contributed by atoms with van der Waals surface area (Å²) in [5.41, 5.74) is 2.27. The van der Waals surface area contributed by atoms with Crippen LogP contribution in [0.5, 0.6) is 0 Å². The van der Waals surface area contributed by atoms with Gasteiger partial charge in [0.1, 0.15) is 0 Å². The largest absolute Gasteiger partial charge is 0.355 e. The molecule has 3 heteroatoms. The van der Waals surface area contributed by atoms with Crippen LogP contribution in [0.25, 0.3) is 0 Å². The molecule has 120 valence electrons. The molecule has 23 heavy (non-hydrogen) atoms. The average molecular weight is 308 g/mol. The standard InChI is InChI=1S/C20H24N2O/c1-16(18-8-12-21-13-9-18)15-22-19(23)20(10-5-11-20)14-17-6-3-2-4-7-17/h2-4,6-9,12-13,16H,5,10-11,14-15H2,1H3,(H,22,23)/t16-/m0/s1. The van der Waals surface area contributed by atoms with Crippen molar-refractivity contribution < 1.29 is 4.79 Å². The highest BCUT2D eigenvalue weighted by Gasteiger charge is 2.43. The van der Waals surface area contributed by atoms with E-state index in [0.717, 1.165) is 25.7 Å². The van der Waals surface area contributed by atoms with Crippen molar-refractivity contribution in [3.8, 4) is 0 Å². The molecule has 0 aliphatic heterocycles. The molecule has 1 amide bonds. The van der Waals surface area contributed by atoms with E-state index in [0.29, 0.717) is 12.5 Å². The molecule has 0 unspecified atom stereocenters. The van der Waals surface area contributed by atoms with Crippen LogP contribution in [0.4, 0.5) is 0 Å². The topological polar surface area (TPSA) is 42.0 Å². The van der Waals surface area contributed by atoms with Crippen LogP contribution >= 0.6 is 0 Å². The van der Waals surface area contributed by atoms with Gasteiger partial charge in [0.15, 0.2) is 0 Å². The van der Waals surface area contributed by atoms with Crippen LogP contribution < -0.4 is 5.32 Å². The molecule has 3 nitrogen and oxygen atoms in total. The molecule has 1 aromatic carbocycles. The molecule has 3 rings (SSSR count). The van der Waals surface area contributed by atoms with E-state index in [-0.39, 0.29) is 11.3 Å². The fourth-order valence-corrected chi connectivity index (χ4v) is 3.32. The fraction of sp³-hybridized carbons (Fsp3) is 0.400. The monoisotopic (exact) mass is 308 g/mol. The lowest BCUT2D eigenvalue weighted by Crippen LogP contribution is -2.48. The SMILES string of the molecule is C[C@@H](CNC(=O)C1(Cc2ccccc2)CCC1)c1ccncc1. The fourth-order valence-electron chi connectivity index (χ4n) is 3.32. The number of benzene rings is 1. The highest BCUT2D eigenvalue weighted by molar-refractivity contribution is 5.84. The van der Waals surface area contributed by atoms with Gasteiger partial charge in [0.2, 0.25) is 5.91 Å². The first kappa shape index (κ1) is 15.7. The van der Waals surface area contributed by atoms with E-state index in [4.69, 9.17) is 0 Å². The van der Waals surface area contributed by atoms with Crippen molar-refractivity contribution in [1.82, 2.24) is 10.3 Å². The molecule has 1 atom stereocenters. The molecular weight excluding hydrogens is 284 g/mol. The molecule has 1 heterocycles. The highest BCUT2D eigenvalue weighted by Crippen LogP contribution is 2.44. The summed E-state index contributed by atoms with van der Waals surface area (Å²) in [6.07, 6.45) is 7.60. The molecule has 0 bridgehead atoms. The second kappa shape index (κ2) is 6.95. The molecule has 0 saturated heterocycles. The number of pyridine rings is 1. The van der Waals surface area contributed by atoms with Gasteiger partial charge in [-0.1, -0.05) is 43.7 Å². The Morgan fingerprint density at radius 3 is 2.48 bits per heavy atom. The first-order valence-electron chi connectivity index (χ1n) is 8.42. The zero-order valence-corrected chi connectivity index (χ0v) is 13.7. The van der Waals surface area contributed by atoms with Crippen LogP contribution in [0.3, 0.4) is 0 Å². The number of nitrogens with zero attached hydrogens (tertiary/aromatic N) is 1. The van der Waals surface area contributed by atoms with E-state index < -0.39 is 0 Å². The Morgan fingerprint density at radius 2 is 1.87 bits per heavy atom. The van der Waals surface area contributed by atoms with Crippen LogP contribution in [-0.4, -0.2) is 17.4 Å². The normalized spacial score (nSPS) is 17.1. The van der Waals surface area contributed by atoms with E-state index >= 15 is 0 Å². The van der Waals surface area contributed by atoms with Gasteiger partial charge in [-0.3, -0.25) is 9.78 Å². The highest BCUT2D eigenvalue weighted by atomic mass is 16.2. The zero-order valence-electron chi connectivity index (χ0n) is 13.7. The number of carbonyl (C=O) groups is 1. The van der Waals surface area contributed by atoms with E-state index in [9.17, 15) is 4.79 Å². The minimum atomic E-state index is -0.195. The number of rotatable bonds is 6. The third-order valence-electron chi connectivity index (χ3n) is 5.02. The van der Waals surface area contributed by atoms with Crippen molar-refractivity contribution in [2.24, 2.45) is 5.41 Å². The van der Waals surface area contributed by atoms with E-state index in [1.807, 2.05) is 30.3 Å². The molecular formula is C20H24N2O. The molecule has 1 saturated carbocycles. The molecule has 1 fully saturated rings. The smallest absolute Gasteiger partial charge is 0.226 e. The Morgan fingerprint density at radius 1 is 1.17 bits per heavy atom. The zero-order chi connectivity index (χ0) is 16.1. The maximum Gasteiger partial charge on any atom is 0.226 e. The van der Waals surface area contributed by atoms with Gasteiger partial charge in [0.05, 0.1) is 5.41 Å². The third kappa shape index (κ3) is 3.61. The number of hydrogen-bond acceptors (Lipinski definition) is 2. The van der Waals surface area contributed by atoms with Gasteiger partial charge in [-0.2, -0.15) is 0 Å². The summed E-state index contributed by atoms with van der Waals surface area (Å²) in [7, 11) is 0. The Balaban J connectivity index is 1.60. The number of amides is 1. The Hall–Kier alpha value is -2.16. The Kier molecular flexibility index (Phi) is 4.75. The summed E-state index contributed by atoms with van der Waals surface area (Å²) >= 11 is 0. The van der Waals surface area contributed by atoms with Gasteiger partial charge in [-0.05, 0) is 48.4 Å². The molecule has 2 aromatic rings. The predicted molar refractivity (Wildman–Crippen MR) is 92.1 cm³/mol.